The van der Waals surface area contributed by atoms with Crippen LogP contribution in [0.3, 0.4) is 0 Å². The molecule has 68 valence electrons. The fraction of sp³-hybridized carbons (Fsp3) is 0.500. The Morgan fingerprint density at radius 2 is 1.85 bits per heavy atom. The van der Waals surface area contributed by atoms with Gasteiger partial charge in [-0.05, 0) is 24.0 Å². The lowest BCUT2D eigenvalue weighted by Crippen LogP contribution is -2.33. The SMILES string of the molecule is c1ccc2c(c1)CNC21CCCC1. The molecule has 1 saturated carbocycles. The van der Waals surface area contributed by atoms with Crippen molar-refractivity contribution in [1.29, 1.82) is 0 Å². The molecule has 0 amide bonds. The van der Waals surface area contributed by atoms with E-state index in [1.807, 2.05) is 0 Å². The second-order valence-electron chi connectivity index (χ2n) is 4.30. The van der Waals surface area contributed by atoms with Gasteiger partial charge in [0, 0.05) is 12.1 Å². The predicted molar refractivity (Wildman–Crippen MR) is 53.4 cm³/mol. The Hall–Kier alpha value is -0.820. The van der Waals surface area contributed by atoms with Crippen LogP contribution in [0.2, 0.25) is 0 Å². The van der Waals surface area contributed by atoms with E-state index in [4.69, 9.17) is 0 Å². The van der Waals surface area contributed by atoms with Gasteiger partial charge in [-0.15, -0.1) is 0 Å². The number of rotatable bonds is 0. The van der Waals surface area contributed by atoms with Crippen molar-refractivity contribution in [3.8, 4) is 0 Å². The van der Waals surface area contributed by atoms with Crippen molar-refractivity contribution in [2.24, 2.45) is 0 Å². The predicted octanol–water partition coefficient (Wildman–Crippen LogP) is 2.56. The summed E-state index contributed by atoms with van der Waals surface area (Å²) in [4.78, 5) is 0. The van der Waals surface area contributed by atoms with E-state index in [0.717, 1.165) is 6.54 Å². The Balaban J connectivity index is 2.11. The first-order valence-corrected chi connectivity index (χ1v) is 5.24. The van der Waals surface area contributed by atoms with Gasteiger partial charge in [0.25, 0.3) is 0 Å². The van der Waals surface area contributed by atoms with Gasteiger partial charge in [-0.1, -0.05) is 37.1 Å². The molecule has 1 aromatic carbocycles. The van der Waals surface area contributed by atoms with Crippen LogP contribution < -0.4 is 5.32 Å². The largest absolute Gasteiger partial charge is 0.303 e. The van der Waals surface area contributed by atoms with Crippen molar-refractivity contribution in [3.63, 3.8) is 0 Å². The molecular weight excluding hydrogens is 158 g/mol. The van der Waals surface area contributed by atoms with Crippen molar-refractivity contribution in [2.75, 3.05) is 0 Å². The van der Waals surface area contributed by atoms with Gasteiger partial charge in [-0.2, -0.15) is 0 Å². The highest BCUT2D eigenvalue weighted by Gasteiger charge is 2.39. The lowest BCUT2D eigenvalue weighted by Gasteiger charge is -2.24. The number of nitrogens with one attached hydrogen (secondary N) is 1. The van der Waals surface area contributed by atoms with Gasteiger partial charge < -0.3 is 5.32 Å². The van der Waals surface area contributed by atoms with Gasteiger partial charge in [0.1, 0.15) is 0 Å². The van der Waals surface area contributed by atoms with E-state index in [1.165, 1.54) is 31.2 Å². The topological polar surface area (TPSA) is 12.0 Å². The van der Waals surface area contributed by atoms with E-state index in [0.29, 0.717) is 5.54 Å². The van der Waals surface area contributed by atoms with Crippen LogP contribution in [0.4, 0.5) is 0 Å². The molecule has 2 aliphatic rings. The molecule has 0 aromatic heterocycles. The summed E-state index contributed by atoms with van der Waals surface area (Å²) in [5, 5.41) is 3.70. The molecule has 1 heterocycles. The summed E-state index contributed by atoms with van der Waals surface area (Å²) in [7, 11) is 0. The molecule has 0 saturated heterocycles. The number of hydrogen-bond acceptors (Lipinski definition) is 1. The van der Waals surface area contributed by atoms with Crippen LogP contribution in [0.1, 0.15) is 36.8 Å². The van der Waals surface area contributed by atoms with Crippen molar-refractivity contribution >= 4 is 0 Å². The van der Waals surface area contributed by atoms with E-state index >= 15 is 0 Å². The van der Waals surface area contributed by atoms with E-state index in [2.05, 4.69) is 29.6 Å². The normalized spacial score (nSPS) is 23.7. The molecule has 0 bridgehead atoms. The van der Waals surface area contributed by atoms with Gasteiger partial charge in [-0.3, -0.25) is 0 Å². The monoisotopic (exact) mass is 173 g/mol. The van der Waals surface area contributed by atoms with Crippen LogP contribution in [0.5, 0.6) is 0 Å². The number of fused-ring (bicyclic) bond motifs is 2. The average Bonchev–Trinajstić information content (AvgIpc) is 2.78. The Morgan fingerprint density at radius 3 is 2.69 bits per heavy atom. The standard InChI is InChI=1S/C12H15N/c1-2-6-11-10(5-1)9-13-12(11)7-3-4-8-12/h1-2,5-6,13H,3-4,7-9H2. The number of hydrogen-bond donors (Lipinski definition) is 1. The second-order valence-corrected chi connectivity index (χ2v) is 4.30. The molecule has 0 radical (unpaired) electrons. The van der Waals surface area contributed by atoms with Gasteiger partial charge in [0.05, 0.1) is 0 Å². The third kappa shape index (κ3) is 0.969. The molecule has 0 atom stereocenters. The molecule has 1 aliphatic heterocycles. The fourth-order valence-corrected chi connectivity index (χ4v) is 2.93. The van der Waals surface area contributed by atoms with E-state index in [1.54, 1.807) is 5.56 Å². The maximum atomic E-state index is 3.70. The van der Waals surface area contributed by atoms with Crippen LogP contribution in [-0.2, 0) is 12.1 Å². The summed E-state index contributed by atoms with van der Waals surface area (Å²) in [5.41, 5.74) is 3.47. The van der Waals surface area contributed by atoms with Gasteiger partial charge in [0.2, 0.25) is 0 Å². The minimum Gasteiger partial charge on any atom is -0.303 e. The van der Waals surface area contributed by atoms with E-state index in [9.17, 15) is 0 Å². The van der Waals surface area contributed by atoms with Gasteiger partial charge >= 0.3 is 0 Å². The second kappa shape index (κ2) is 2.58. The highest BCUT2D eigenvalue weighted by Crippen LogP contribution is 2.43. The summed E-state index contributed by atoms with van der Waals surface area (Å²) in [6.07, 6.45) is 5.46. The summed E-state index contributed by atoms with van der Waals surface area (Å²) < 4.78 is 0. The number of benzene rings is 1. The summed E-state index contributed by atoms with van der Waals surface area (Å²) in [6, 6.07) is 8.89. The molecule has 1 aromatic rings. The quantitative estimate of drug-likeness (QED) is 0.635. The molecule has 1 aliphatic carbocycles. The van der Waals surface area contributed by atoms with E-state index in [-0.39, 0.29) is 0 Å². The van der Waals surface area contributed by atoms with Crippen molar-refractivity contribution in [1.82, 2.24) is 5.32 Å². The summed E-state index contributed by atoms with van der Waals surface area (Å²) >= 11 is 0. The van der Waals surface area contributed by atoms with Crippen molar-refractivity contribution < 1.29 is 0 Å². The summed E-state index contributed by atoms with van der Waals surface area (Å²) in [6.45, 7) is 1.08. The Morgan fingerprint density at radius 1 is 1.08 bits per heavy atom. The lowest BCUT2D eigenvalue weighted by molar-refractivity contribution is 0.373. The van der Waals surface area contributed by atoms with Crippen LogP contribution in [0.25, 0.3) is 0 Å². The first-order valence-electron chi connectivity index (χ1n) is 5.24. The van der Waals surface area contributed by atoms with Crippen LogP contribution in [0.15, 0.2) is 24.3 Å². The molecule has 0 unspecified atom stereocenters. The third-order valence-electron chi connectivity index (χ3n) is 3.61. The summed E-state index contributed by atoms with van der Waals surface area (Å²) in [5.74, 6) is 0. The highest BCUT2D eigenvalue weighted by atomic mass is 15.0. The first kappa shape index (κ1) is 7.57. The minimum atomic E-state index is 0.372. The zero-order valence-electron chi connectivity index (χ0n) is 7.84. The minimum absolute atomic E-state index is 0.372. The fourth-order valence-electron chi connectivity index (χ4n) is 2.93. The molecule has 1 heteroatoms. The van der Waals surface area contributed by atoms with Gasteiger partial charge in [-0.25, -0.2) is 0 Å². The maximum Gasteiger partial charge on any atom is 0.0440 e. The first-order chi connectivity index (χ1) is 6.41. The molecule has 13 heavy (non-hydrogen) atoms. The van der Waals surface area contributed by atoms with Crippen LogP contribution in [-0.4, -0.2) is 0 Å². The zero-order chi connectivity index (χ0) is 8.73. The Bertz CT molecular complexity index is 324. The van der Waals surface area contributed by atoms with Crippen molar-refractivity contribution in [3.05, 3.63) is 35.4 Å². The molecule has 1 fully saturated rings. The highest BCUT2D eigenvalue weighted by molar-refractivity contribution is 5.38. The molecule has 3 rings (SSSR count). The van der Waals surface area contributed by atoms with Gasteiger partial charge in [0.15, 0.2) is 0 Å². The Kier molecular flexibility index (Phi) is 1.50. The smallest absolute Gasteiger partial charge is 0.0440 e. The molecule has 1 N–H and O–H groups in total. The van der Waals surface area contributed by atoms with Crippen LogP contribution >= 0.6 is 0 Å². The lowest BCUT2D eigenvalue weighted by atomic mass is 9.89. The maximum absolute atomic E-state index is 3.70. The third-order valence-corrected chi connectivity index (χ3v) is 3.61. The Labute approximate surface area is 79.2 Å². The zero-order valence-corrected chi connectivity index (χ0v) is 7.84. The molecule has 1 nitrogen and oxygen atoms in total. The average molecular weight is 173 g/mol. The van der Waals surface area contributed by atoms with Crippen molar-refractivity contribution in [2.45, 2.75) is 37.8 Å². The van der Waals surface area contributed by atoms with E-state index < -0.39 is 0 Å². The molecule has 1 spiro atoms. The van der Waals surface area contributed by atoms with Crippen LogP contribution in [0, 0.1) is 0 Å². The molecular formula is C12H15N.